The van der Waals surface area contributed by atoms with Gasteiger partial charge in [-0.15, -0.1) is 5.16 Å². The summed E-state index contributed by atoms with van der Waals surface area (Å²) in [7, 11) is 0. The molecule has 0 aromatic rings. The zero-order valence-corrected chi connectivity index (χ0v) is 10.6. The Bertz CT molecular complexity index is 465. The standard InChI is InChI=1S/C15H19NO/c1-11-8-12(2)14(9-11)15(3)7-5-4-6-13(15)10-16-17/h4-8,10,13,17H,9H2,1-3H3/b16-10+. The SMILES string of the molecule is CC1=CC(C)=C(C2(C)C=CC=CC2/C=N/O)C1. The molecule has 90 valence electrons. The van der Waals surface area contributed by atoms with E-state index in [9.17, 15) is 0 Å². The van der Waals surface area contributed by atoms with Gasteiger partial charge in [0.1, 0.15) is 0 Å². The van der Waals surface area contributed by atoms with E-state index in [1.54, 1.807) is 6.21 Å². The predicted octanol–water partition coefficient (Wildman–Crippen LogP) is 3.86. The van der Waals surface area contributed by atoms with Crippen LogP contribution in [0.1, 0.15) is 27.2 Å². The number of oxime groups is 1. The lowest BCUT2D eigenvalue weighted by Gasteiger charge is -2.35. The van der Waals surface area contributed by atoms with Crippen molar-refractivity contribution >= 4 is 6.21 Å². The van der Waals surface area contributed by atoms with Gasteiger partial charge in [-0.3, -0.25) is 0 Å². The molecule has 0 fully saturated rings. The quantitative estimate of drug-likeness (QED) is 0.435. The highest BCUT2D eigenvalue weighted by atomic mass is 16.4. The highest BCUT2D eigenvalue weighted by Crippen LogP contribution is 2.46. The van der Waals surface area contributed by atoms with Crippen molar-refractivity contribution in [3.63, 3.8) is 0 Å². The van der Waals surface area contributed by atoms with Crippen LogP contribution in [0.5, 0.6) is 0 Å². The lowest BCUT2D eigenvalue weighted by molar-refractivity contribution is 0.314. The molecule has 2 atom stereocenters. The molecule has 0 aromatic carbocycles. The van der Waals surface area contributed by atoms with Crippen molar-refractivity contribution in [2.75, 3.05) is 0 Å². The minimum atomic E-state index is -0.0701. The minimum absolute atomic E-state index is 0.0701. The van der Waals surface area contributed by atoms with Gasteiger partial charge in [-0.05, 0) is 20.3 Å². The Balaban J connectivity index is 2.39. The molecule has 0 saturated heterocycles. The fourth-order valence-electron chi connectivity index (χ4n) is 2.87. The van der Waals surface area contributed by atoms with Crippen LogP contribution >= 0.6 is 0 Å². The van der Waals surface area contributed by atoms with Crippen LogP contribution in [0.4, 0.5) is 0 Å². The molecule has 0 bridgehead atoms. The van der Waals surface area contributed by atoms with Gasteiger partial charge in [0.2, 0.25) is 0 Å². The zero-order valence-electron chi connectivity index (χ0n) is 10.6. The van der Waals surface area contributed by atoms with Gasteiger partial charge in [-0.2, -0.15) is 0 Å². The number of hydrogen-bond donors (Lipinski definition) is 1. The van der Waals surface area contributed by atoms with Gasteiger partial charge in [0.25, 0.3) is 0 Å². The molecule has 0 aliphatic heterocycles. The van der Waals surface area contributed by atoms with E-state index < -0.39 is 0 Å². The Morgan fingerprint density at radius 2 is 2.18 bits per heavy atom. The van der Waals surface area contributed by atoms with E-state index in [1.807, 2.05) is 6.08 Å². The Morgan fingerprint density at radius 3 is 2.76 bits per heavy atom. The zero-order chi connectivity index (χ0) is 12.5. The van der Waals surface area contributed by atoms with E-state index >= 15 is 0 Å². The topological polar surface area (TPSA) is 32.6 Å². The summed E-state index contributed by atoms with van der Waals surface area (Å²) in [6.07, 6.45) is 13.3. The molecule has 0 aromatic heterocycles. The van der Waals surface area contributed by atoms with Gasteiger partial charge >= 0.3 is 0 Å². The Morgan fingerprint density at radius 1 is 1.41 bits per heavy atom. The molecule has 0 saturated carbocycles. The Kier molecular flexibility index (Phi) is 3.05. The van der Waals surface area contributed by atoms with Gasteiger partial charge in [-0.1, -0.05) is 54.0 Å². The Hall–Kier alpha value is -1.57. The van der Waals surface area contributed by atoms with E-state index in [0.717, 1.165) is 6.42 Å². The largest absolute Gasteiger partial charge is 0.411 e. The third-order valence-electron chi connectivity index (χ3n) is 3.84. The average molecular weight is 229 g/mol. The summed E-state index contributed by atoms with van der Waals surface area (Å²) in [4.78, 5) is 0. The second-order valence-corrected chi connectivity index (χ2v) is 5.15. The second kappa shape index (κ2) is 4.36. The highest BCUT2D eigenvalue weighted by molar-refractivity contribution is 5.67. The van der Waals surface area contributed by atoms with Gasteiger partial charge < -0.3 is 5.21 Å². The van der Waals surface area contributed by atoms with Gasteiger partial charge in [0.15, 0.2) is 0 Å². The molecule has 2 rings (SSSR count). The van der Waals surface area contributed by atoms with Gasteiger partial charge in [-0.25, -0.2) is 0 Å². The van der Waals surface area contributed by atoms with Crippen molar-refractivity contribution in [1.29, 1.82) is 0 Å². The van der Waals surface area contributed by atoms with E-state index in [0.29, 0.717) is 0 Å². The van der Waals surface area contributed by atoms with Crippen LogP contribution in [0.25, 0.3) is 0 Å². The molecule has 0 spiro atoms. The first-order valence-corrected chi connectivity index (χ1v) is 5.99. The lowest BCUT2D eigenvalue weighted by Crippen LogP contribution is -2.29. The van der Waals surface area contributed by atoms with Crippen LogP contribution in [0.3, 0.4) is 0 Å². The molecule has 0 amide bonds. The van der Waals surface area contributed by atoms with Crippen LogP contribution in [0, 0.1) is 11.3 Å². The van der Waals surface area contributed by atoms with Crippen molar-refractivity contribution in [3.05, 3.63) is 47.1 Å². The normalized spacial score (nSPS) is 32.6. The molecule has 0 heterocycles. The molecule has 2 unspecified atom stereocenters. The maximum absolute atomic E-state index is 8.79. The van der Waals surface area contributed by atoms with Crippen LogP contribution in [0.2, 0.25) is 0 Å². The molecule has 17 heavy (non-hydrogen) atoms. The van der Waals surface area contributed by atoms with Crippen molar-refractivity contribution < 1.29 is 5.21 Å². The molecule has 0 radical (unpaired) electrons. The predicted molar refractivity (Wildman–Crippen MR) is 71.2 cm³/mol. The second-order valence-electron chi connectivity index (χ2n) is 5.15. The van der Waals surface area contributed by atoms with Crippen molar-refractivity contribution in [1.82, 2.24) is 0 Å². The third-order valence-corrected chi connectivity index (χ3v) is 3.84. The molecule has 2 aliphatic rings. The monoisotopic (exact) mass is 229 g/mol. The first kappa shape index (κ1) is 11.9. The van der Waals surface area contributed by atoms with Gasteiger partial charge in [0, 0.05) is 11.3 Å². The van der Waals surface area contributed by atoms with Crippen molar-refractivity contribution in [2.24, 2.45) is 16.5 Å². The van der Waals surface area contributed by atoms with E-state index in [4.69, 9.17) is 5.21 Å². The lowest BCUT2D eigenvalue weighted by atomic mass is 9.68. The number of hydrogen-bond acceptors (Lipinski definition) is 2. The van der Waals surface area contributed by atoms with Crippen LogP contribution < -0.4 is 0 Å². The molecule has 1 N–H and O–H groups in total. The summed E-state index contributed by atoms with van der Waals surface area (Å²) in [6, 6.07) is 0. The fourth-order valence-corrected chi connectivity index (χ4v) is 2.87. The summed E-state index contributed by atoms with van der Waals surface area (Å²) in [5.41, 5.74) is 4.11. The van der Waals surface area contributed by atoms with Crippen LogP contribution in [0.15, 0.2) is 52.3 Å². The van der Waals surface area contributed by atoms with Gasteiger partial charge in [0.05, 0.1) is 6.21 Å². The minimum Gasteiger partial charge on any atom is -0.411 e. The van der Waals surface area contributed by atoms with Crippen molar-refractivity contribution in [2.45, 2.75) is 27.2 Å². The van der Waals surface area contributed by atoms with Crippen LogP contribution in [-0.4, -0.2) is 11.4 Å². The first-order valence-electron chi connectivity index (χ1n) is 5.99. The maximum Gasteiger partial charge on any atom is 0.0516 e. The summed E-state index contributed by atoms with van der Waals surface area (Å²) in [5, 5.41) is 12.0. The maximum atomic E-state index is 8.79. The number of allylic oxidation sites excluding steroid dienone is 8. The number of rotatable bonds is 2. The van der Waals surface area contributed by atoms with E-state index in [-0.39, 0.29) is 11.3 Å². The van der Waals surface area contributed by atoms with Crippen molar-refractivity contribution in [3.8, 4) is 0 Å². The van der Waals surface area contributed by atoms with E-state index in [1.165, 1.54) is 16.7 Å². The molecule has 2 aliphatic carbocycles. The number of nitrogens with zero attached hydrogens (tertiary/aromatic N) is 1. The van der Waals surface area contributed by atoms with Crippen LogP contribution in [-0.2, 0) is 0 Å². The molecule has 2 nitrogen and oxygen atoms in total. The summed E-state index contributed by atoms with van der Waals surface area (Å²) in [5.74, 6) is 0.127. The van der Waals surface area contributed by atoms with E-state index in [2.05, 4.69) is 50.2 Å². The highest BCUT2D eigenvalue weighted by Gasteiger charge is 2.36. The molecule has 2 heteroatoms. The smallest absolute Gasteiger partial charge is 0.0516 e. The summed E-state index contributed by atoms with van der Waals surface area (Å²) < 4.78 is 0. The molecular weight excluding hydrogens is 210 g/mol. The Labute approximate surface area is 103 Å². The summed E-state index contributed by atoms with van der Waals surface area (Å²) >= 11 is 0. The average Bonchev–Trinajstić information content (AvgIpc) is 2.62. The fraction of sp³-hybridized carbons (Fsp3) is 0.400. The summed E-state index contributed by atoms with van der Waals surface area (Å²) in [6.45, 7) is 6.54. The third kappa shape index (κ3) is 1.99. The molecular formula is C15H19NO. The first-order chi connectivity index (χ1) is 8.08.